The fourth-order valence-corrected chi connectivity index (χ4v) is 0. The van der Waals surface area contributed by atoms with Crippen molar-refractivity contribution in [2.24, 2.45) is 0 Å². The van der Waals surface area contributed by atoms with E-state index >= 15 is 0 Å². The van der Waals surface area contributed by atoms with Crippen LogP contribution < -0.4 is 0 Å². The first-order chi connectivity index (χ1) is 0. The van der Waals surface area contributed by atoms with Gasteiger partial charge in [0.05, 0.1) is 0 Å². The van der Waals surface area contributed by atoms with E-state index in [1.807, 2.05) is 0 Å². The van der Waals surface area contributed by atoms with Crippen LogP contribution in [-0.2, 0) is 106 Å². The molecule has 0 aromatic heterocycles. The molecule has 0 aliphatic rings. The fraction of sp³-hybridized carbons (Fsp3) is 0. The maximum atomic E-state index is 0. The van der Waals surface area contributed by atoms with Crippen LogP contribution >= 0.6 is 0 Å². The van der Waals surface area contributed by atoms with E-state index < -0.39 is 0 Å². The zero-order valence-corrected chi connectivity index (χ0v) is 20.4. The summed E-state index contributed by atoms with van der Waals surface area (Å²) in [6.07, 6.45) is 0. The van der Waals surface area contributed by atoms with Gasteiger partial charge in [-0.3, -0.25) is 0 Å². The van der Waals surface area contributed by atoms with Crippen molar-refractivity contribution < 1.29 is 39.0 Å². The van der Waals surface area contributed by atoms with Gasteiger partial charge in [-0.1, -0.05) is 0 Å². The van der Waals surface area contributed by atoms with Crippen LogP contribution in [0.15, 0.2) is 0 Å². The van der Waals surface area contributed by atoms with Crippen LogP contribution in [0.1, 0.15) is 0 Å². The standard InChI is InChI=1S/2Ba.2Rh.5S/q2*+2;2*+3;5*-2. The van der Waals surface area contributed by atoms with Gasteiger partial charge in [-0.25, -0.2) is 0 Å². The molecule has 0 bridgehead atoms. The second-order valence-corrected chi connectivity index (χ2v) is 0. The third-order valence-electron chi connectivity index (χ3n) is 0. The summed E-state index contributed by atoms with van der Waals surface area (Å²) in [6.45, 7) is 0. The zero-order valence-electron chi connectivity index (χ0n) is 4.12. The first-order valence-electron chi connectivity index (χ1n) is 0. The summed E-state index contributed by atoms with van der Waals surface area (Å²) in [5.41, 5.74) is 0. The van der Waals surface area contributed by atoms with Crippen molar-refractivity contribution in [3.63, 3.8) is 0 Å². The minimum atomic E-state index is 0. The van der Waals surface area contributed by atoms with E-state index in [2.05, 4.69) is 0 Å². The third-order valence-corrected chi connectivity index (χ3v) is 0. The predicted octanol–water partition coefficient (Wildman–Crippen LogP) is -0.779. The first-order valence-corrected chi connectivity index (χ1v) is 0. The molecule has 0 unspecified atom stereocenters. The van der Waals surface area contributed by atoms with E-state index in [0.717, 1.165) is 0 Å². The average Bonchev–Trinajstić information content (AvgIpc) is 0. The topological polar surface area (TPSA) is 0 Å². The predicted molar refractivity (Wildman–Crippen MR) is 48.3 cm³/mol. The quantitative estimate of drug-likeness (QED) is 0.305. The van der Waals surface area contributed by atoms with Gasteiger partial charge in [0, 0.05) is 0 Å². The Morgan fingerprint density at radius 1 is 0.333 bits per heavy atom. The Balaban J connectivity index is 0. The van der Waals surface area contributed by atoms with Gasteiger partial charge in [-0.2, -0.15) is 0 Å². The van der Waals surface area contributed by atoms with Gasteiger partial charge < -0.3 is 67.5 Å². The largest absolute Gasteiger partial charge is 3.00 e. The van der Waals surface area contributed by atoms with Crippen molar-refractivity contribution in [1.29, 1.82) is 0 Å². The van der Waals surface area contributed by atoms with E-state index in [1.165, 1.54) is 0 Å². The molecule has 0 heterocycles. The van der Waals surface area contributed by atoms with E-state index in [1.54, 1.807) is 0 Å². The molecule has 52 valence electrons. The summed E-state index contributed by atoms with van der Waals surface area (Å²) in [5, 5.41) is 0. The third kappa shape index (κ3) is 55.3. The van der Waals surface area contributed by atoms with Crippen LogP contribution in [0.5, 0.6) is 0 Å². The van der Waals surface area contributed by atoms with Crippen molar-refractivity contribution >= 4 is 165 Å². The first kappa shape index (κ1) is 80.3. The Bertz CT molecular complexity index is 12.9. The number of rotatable bonds is 0. The maximum Gasteiger partial charge on any atom is 3.00 e. The molecule has 0 aromatic carbocycles. The van der Waals surface area contributed by atoms with Gasteiger partial charge in [-0.05, 0) is 0 Å². The van der Waals surface area contributed by atoms with Gasteiger partial charge in [0.2, 0.25) is 0 Å². The van der Waals surface area contributed by atoms with E-state index in [4.69, 9.17) is 0 Å². The Kier molecular flexibility index (Phi) is 578. The van der Waals surface area contributed by atoms with Gasteiger partial charge in [-0.15, -0.1) is 0 Å². The second kappa shape index (κ2) is 64.8. The van der Waals surface area contributed by atoms with E-state index in [9.17, 15) is 0 Å². The molecule has 0 rings (SSSR count). The molecule has 0 aliphatic heterocycles. The second-order valence-electron chi connectivity index (χ2n) is 0. The number of hydrogen-bond acceptors (Lipinski definition) is 0. The molecule has 0 saturated carbocycles. The molecule has 0 atom stereocenters. The van der Waals surface area contributed by atoms with Crippen LogP contribution in [-0.4, -0.2) is 97.8 Å². The molecule has 0 N–H and O–H groups in total. The average molecular weight is 641 g/mol. The van der Waals surface area contributed by atoms with Gasteiger partial charge in [0.15, 0.2) is 0 Å². The summed E-state index contributed by atoms with van der Waals surface area (Å²) < 4.78 is 0. The minimum absolute atomic E-state index is 0. The van der Waals surface area contributed by atoms with Gasteiger partial charge in [0.1, 0.15) is 0 Å². The smallest absolute Gasteiger partial charge is 2.00 e. The van der Waals surface area contributed by atoms with Crippen molar-refractivity contribution in [2.75, 3.05) is 0 Å². The summed E-state index contributed by atoms with van der Waals surface area (Å²) in [4.78, 5) is 0. The van der Waals surface area contributed by atoms with Crippen molar-refractivity contribution in [3.05, 3.63) is 0 Å². The Morgan fingerprint density at radius 3 is 0.333 bits per heavy atom. The van der Waals surface area contributed by atoms with E-state index in [-0.39, 0.29) is 204 Å². The van der Waals surface area contributed by atoms with Gasteiger partial charge in [0.25, 0.3) is 0 Å². The van der Waals surface area contributed by atoms with Crippen molar-refractivity contribution in [3.8, 4) is 0 Å². The van der Waals surface area contributed by atoms with Crippen molar-refractivity contribution in [2.45, 2.75) is 0 Å². The summed E-state index contributed by atoms with van der Waals surface area (Å²) in [7, 11) is 0. The SMILES string of the molecule is [Ba+2].[Ba+2].[Rh+3].[Rh+3].[S-2].[S-2].[S-2].[S-2].[S-2]. The molecule has 0 fully saturated rings. The Hall–Kier alpha value is 6.14. The molecular weight excluding hydrogens is 641 g/mol. The van der Waals surface area contributed by atoms with Crippen LogP contribution in [0.3, 0.4) is 0 Å². The summed E-state index contributed by atoms with van der Waals surface area (Å²) in [5.74, 6) is 0. The molecule has 0 spiro atoms. The Labute approximate surface area is 198 Å². The van der Waals surface area contributed by atoms with Crippen LogP contribution in [0.25, 0.3) is 0 Å². The number of hydrogen-bond donors (Lipinski definition) is 0. The molecular formula is Ba2Rh2S5. The van der Waals surface area contributed by atoms with Gasteiger partial charge >= 0.3 is 137 Å². The fourth-order valence-electron chi connectivity index (χ4n) is 0. The molecule has 0 aromatic rings. The van der Waals surface area contributed by atoms with Crippen molar-refractivity contribution in [1.82, 2.24) is 0 Å². The summed E-state index contributed by atoms with van der Waals surface area (Å²) >= 11 is 0. The van der Waals surface area contributed by atoms with Crippen LogP contribution in [0, 0.1) is 0 Å². The van der Waals surface area contributed by atoms with Crippen LogP contribution in [0.2, 0.25) is 0 Å². The molecule has 9 heavy (non-hydrogen) atoms. The molecule has 0 saturated heterocycles. The normalized spacial score (nSPS) is 0. The molecule has 0 aliphatic carbocycles. The Morgan fingerprint density at radius 2 is 0.333 bits per heavy atom. The van der Waals surface area contributed by atoms with Crippen LogP contribution in [0.4, 0.5) is 0 Å². The zero-order chi connectivity index (χ0) is 0. The molecule has 0 nitrogen and oxygen atoms in total. The molecule has 9 heteroatoms. The maximum absolute atomic E-state index is 0. The molecule has 0 radical (unpaired) electrons. The molecule has 0 amide bonds. The van der Waals surface area contributed by atoms with E-state index in [0.29, 0.717) is 0 Å². The summed E-state index contributed by atoms with van der Waals surface area (Å²) in [6, 6.07) is 0. The minimum Gasteiger partial charge on any atom is -2.00 e. The monoisotopic (exact) mass is 641 g/mol.